The van der Waals surface area contributed by atoms with E-state index in [0.717, 1.165) is 17.0 Å². The highest BCUT2D eigenvalue weighted by Gasteiger charge is 1.97. The van der Waals surface area contributed by atoms with Crippen LogP contribution in [0, 0.1) is 0 Å². The quantitative estimate of drug-likeness (QED) is 0.668. The van der Waals surface area contributed by atoms with Crippen LogP contribution in [0.5, 0.6) is 5.75 Å². The maximum atomic E-state index is 5.92. The van der Waals surface area contributed by atoms with Crippen LogP contribution < -0.4 is 10.2 Å². The van der Waals surface area contributed by atoms with Crippen LogP contribution in [-0.4, -0.2) is 13.3 Å². The van der Waals surface area contributed by atoms with E-state index in [4.69, 9.17) is 27.9 Å². The van der Waals surface area contributed by atoms with E-state index in [9.17, 15) is 0 Å². The van der Waals surface area contributed by atoms with Crippen LogP contribution in [-0.2, 0) is 0 Å². The predicted molar refractivity (Wildman–Crippen MR) is 80.7 cm³/mol. The van der Waals surface area contributed by atoms with Crippen LogP contribution in [0.25, 0.3) is 0 Å². The summed E-state index contributed by atoms with van der Waals surface area (Å²) >= 11 is 11.8. The van der Waals surface area contributed by atoms with Crippen LogP contribution in [0.2, 0.25) is 10.0 Å². The van der Waals surface area contributed by atoms with Gasteiger partial charge in [-0.2, -0.15) is 5.10 Å². The number of ether oxygens (including phenoxy) is 1. The average molecular weight is 295 g/mol. The molecule has 0 saturated carbocycles. The third kappa shape index (κ3) is 3.88. The molecule has 98 valence electrons. The van der Waals surface area contributed by atoms with Crippen molar-refractivity contribution >= 4 is 35.1 Å². The third-order valence-electron chi connectivity index (χ3n) is 2.44. The first-order valence-electron chi connectivity index (χ1n) is 5.57. The molecule has 0 bridgehead atoms. The second-order valence-corrected chi connectivity index (χ2v) is 4.59. The molecule has 0 aliphatic heterocycles. The second kappa shape index (κ2) is 6.45. The molecule has 3 nitrogen and oxygen atoms in total. The van der Waals surface area contributed by atoms with E-state index < -0.39 is 0 Å². The fraction of sp³-hybridized carbons (Fsp3) is 0.0714. The van der Waals surface area contributed by atoms with Gasteiger partial charge >= 0.3 is 0 Å². The molecule has 19 heavy (non-hydrogen) atoms. The van der Waals surface area contributed by atoms with Crippen molar-refractivity contribution in [1.29, 1.82) is 0 Å². The first-order valence-corrected chi connectivity index (χ1v) is 6.33. The van der Waals surface area contributed by atoms with E-state index in [0.29, 0.717) is 10.0 Å². The number of hydrogen-bond donors (Lipinski definition) is 1. The number of anilines is 1. The van der Waals surface area contributed by atoms with Gasteiger partial charge in [0.2, 0.25) is 0 Å². The molecule has 0 amide bonds. The molecule has 0 fully saturated rings. The number of benzene rings is 2. The molecule has 2 rings (SSSR count). The molecule has 0 heterocycles. The summed E-state index contributed by atoms with van der Waals surface area (Å²) in [4.78, 5) is 0. The summed E-state index contributed by atoms with van der Waals surface area (Å²) in [6.45, 7) is 0. The largest absolute Gasteiger partial charge is 0.497 e. The van der Waals surface area contributed by atoms with Gasteiger partial charge in [-0.3, -0.25) is 5.43 Å². The van der Waals surface area contributed by atoms with E-state index >= 15 is 0 Å². The molecular formula is C14H12Cl2N2O. The number of nitrogens with one attached hydrogen (secondary N) is 1. The van der Waals surface area contributed by atoms with Crippen LogP contribution in [0.1, 0.15) is 5.56 Å². The third-order valence-corrected chi connectivity index (χ3v) is 3.18. The van der Waals surface area contributed by atoms with E-state index in [1.54, 1.807) is 25.5 Å². The topological polar surface area (TPSA) is 33.6 Å². The number of methoxy groups -OCH3 is 1. The Morgan fingerprint density at radius 3 is 2.42 bits per heavy atom. The van der Waals surface area contributed by atoms with Crippen LogP contribution in [0.4, 0.5) is 5.69 Å². The van der Waals surface area contributed by atoms with Crippen molar-refractivity contribution in [1.82, 2.24) is 0 Å². The van der Waals surface area contributed by atoms with Crippen molar-refractivity contribution in [3.63, 3.8) is 0 Å². The fourth-order valence-electron chi connectivity index (χ4n) is 1.44. The summed E-state index contributed by atoms with van der Waals surface area (Å²) < 4.78 is 5.07. The lowest BCUT2D eigenvalue weighted by molar-refractivity contribution is 0.415. The summed E-state index contributed by atoms with van der Waals surface area (Å²) in [6, 6.07) is 12.8. The van der Waals surface area contributed by atoms with Crippen molar-refractivity contribution in [2.75, 3.05) is 12.5 Å². The number of hydrogen-bond acceptors (Lipinski definition) is 3. The van der Waals surface area contributed by atoms with E-state index in [-0.39, 0.29) is 0 Å². The standard InChI is InChI=1S/C14H12Cl2N2O/c1-19-12-5-3-11(4-6-12)18-17-9-10-2-7-13(15)14(16)8-10/h2-9,18H,1H3/b17-9+. The highest BCUT2D eigenvalue weighted by Crippen LogP contribution is 2.21. The minimum absolute atomic E-state index is 0.509. The minimum atomic E-state index is 0.509. The van der Waals surface area contributed by atoms with Gasteiger partial charge in [0.15, 0.2) is 0 Å². The second-order valence-electron chi connectivity index (χ2n) is 3.77. The highest BCUT2D eigenvalue weighted by molar-refractivity contribution is 6.42. The van der Waals surface area contributed by atoms with E-state index in [1.807, 2.05) is 30.3 Å². The number of rotatable bonds is 4. The average Bonchev–Trinajstić information content (AvgIpc) is 2.43. The fourth-order valence-corrected chi connectivity index (χ4v) is 1.75. The van der Waals surface area contributed by atoms with Crippen LogP contribution in [0.3, 0.4) is 0 Å². The zero-order valence-corrected chi connectivity index (χ0v) is 11.7. The molecule has 0 aromatic heterocycles. The van der Waals surface area contributed by atoms with Gasteiger partial charge in [0.1, 0.15) is 5.75 Å². The minimum Gasteiger partial charge on any atom is -0.497 e. The Labute approximate surface area is 121 Å². The van der Waals surface area contributed by atoms with Crippen molar-refractivity contribution in [3.05, 3.63) is 58.1 Å². The smallest absolute Gasteiger partial charge is 0.119 e. The molecule has 0 unspecified atom stereocenters. The molecular weight excluding hydrogens is 283 g/mol. The Morgan fingerprint density at radius 1 is 1.05 bits per heavy atom. The maximum absolute atomic E-state index is 5.92. The van der Waals surface area contributed by atoms with Gasteiger partial charge in [-0.1, -0.05) is 29.3 Å². The van der Waals surface area contributed by atoms with E-state index in [1.165, 1.54) is 0 Å². The lowest BCUT2D eigenvalue weighted by atomic mass is 10.2. The molecule has 5 heteroatoms. The normalized spacial score (nSPS) is 10.7. The molecule has 2 aromatic rings. The lowest BCUT2D eigenvalue weighted by Gasteiger charge is -2.02. The van der Waals surface area contributed by atoms with Crippen LogP contribution >= 0.6 is 23.2 Å². The molecule has 0 aliphatic carbocycles. The first kappa shape index (κ1) is 13.7. The maximum Gasteiger partial charge on any atom is 0.119 e. The summed E-state index contributed by atoms with van der Waals surface area (Å²) in [7, 11) is 1.63. The zero-order valence-electron chi connectivity index (χ0n) is 10.2. The Bertz CT molecular complexity index is 582. The predicted octanol–water partition coefficient (Wildman–Crippen LogP) is 4.45. The lowest BCUT2D eigenvalue weighted by Crippen LogP contribution is -1.91. The van der Waals surface area contributed by atoms with Crippen molar-refractivity contribution < 1.29 is 4.74 Å². The molecule has 2 aromatic carbocycles. The molecule has 0 radical (unpaired) electrons. The van der Waals surface area contributed by atoms with Gasteiger partial charge in [0, 0.05) is 0 Å². The van der Waals surface area contributed by atoms with Gasteiger partial charge in [0.05, 0.1) is 29.1 Å². The van der Waals surface area contributed by atoms with Gasteiger partial charge in [-0.05, 0) is 42.0 Å². The Kier molecular flexibility index (Phi) is 4.66. The zero-order chi connectivity index (χ0) is 13.7. The first-order chi connectivity index (χ1) is 9.19. The summed E-state index contributed by atoms with van der Waals surface area (Å²) in [5.41, 5.74) is 4.66. The van der Waals surface area contributed by atoms with Crippen LogP contribution in [0.15, 0.2) is 47.6 Å². The van der Waals surface area contributed by atoms with Crippen molar-refractivity contribution in [2.45, 2.75) is 0 Å². The van der Waals surface area contributed by atoms with Gasteiger partial charge in [0.25, 0.3) is 0 Å². The number of nitrogens with zero attached hydrogens (tertiary/aromatic N) is 1. The summed E-state index contributed by atoms with van der Waals surface area (Å²) in [5.74, 6) is 0.805. The highest BCUT2D eigenvalue weighted by atomic mass is 35.5. The summed E-state index contributed by atoms with van der Waals surface area (Å²) in [6.07, 6.45) is 1.67. The Balaban J connectivity index is 2.00. The van der Waals surface area contributed by atoms with Crippen molar-refractivity contribution in [3.8, 4) is 5.75 Å². The van der Waals surface area contributed by atoms with Gasteiger partial charge in [-0.15, -0.1) is 0 Å². The monoisotopic (exact) mass is 294 g/mol. The number of halogens is 2. The molecule has 0 aliphatic rings. The van der Waals surface area contributed by atoms with Gasteiger partial charge < -0.3 is 4.74 Å². The molecule has 0 saturated heterocycles. The van der Waals surface area contributed by atoms with Crippen molar-refractivity contribution in [2.24, 2.45) is 5.10 Å². The van der Waals surface area contributed by atoms with Gasteiger partial charge in [-0.25, -0.2) is 0 Å². The van der Waals surface area contributed by atoms with E-state index in [2.05, 4.69) is 10.5 Å². The summed E-state index contributed by atoms with van der Waals surface area (Å²) in [5, 5.41) is 5.16. The molecule has 0 atom stereocenters. The molecule has 1 N–H and O–H groups in total. The molecule has 0 spiro atoms. The Morgan fingerprint density at radius 2 is 1.79 bits per heavy atom. The number of hydrazone groups is 1. The Hall–Kier alpha value is -1.71. The SMILES string of the molecule is COc1ccc(N/N=C/c2ccc(Cl)c(Cl)c2)cc1.